The fourth-order valence-electron chi connectivity index (χ4n) is 2.91. The van der Waals surface area contributed by atoms with Crippen LogP contribution in [0.5, 0.6) is 0 Å². The average Bonchev–Trinajstić information content (AvgIpc) is 3.04. The summed E-state index contributed by atoms with van der Waals surface area (Å²) in [4.78, 5) is 4.71. The van der Waals surface area contributed by atoms with Gasteiger partial charge in [0, 0.05) is 17.5 Å². The van der Waals surface area contributed by atoms with Gasteiger partial charge in [-0.1, -0.05) is 43.7 Å². The van der Waals surface area contributed by atoms with Crippen LogP contribution >= 0.6 is 0 Å². The quantitative estimate of drug-likeness (QED) is 0.594. The Labute approximate surface area is 140 Å². The van der Waals surface area contributed by atoms with Crippen molar-refractivity contribution in [2.45, 2.75) is 26.2 Å². The number of fused-ring (bicyclic) bond motifs is 3. The van der Waals surface area contributed by atoms with Gasteiger partial charge < -0.3 is 5.32 Å². The van der Waals surface area contributed by atoms with Gasteiger partial charge in [-0.05, 0) is 30.7 Å². The first-order chi connectivity index (χ1) is 11.9. The highest BCUT2D eigenvalue weighted by molar-refractivity contribution is 5.92. The molecule has 2 heterocycles. The molecule has 0 aliphatic rings. The Morgan fingerprint density at radius 3 is 2.58 bits per heavy atom. The number of rotatable bonds is 5. The van der Waals surface area contributed by atoms with Crippen LogP contribution in [0.25, 0.3) is 16.7 Å². The van der Waals surface area contributed by atoms with Gasteiger partial charge in [-0.3, -0.25) is 4.40 Å². The minimum atomic E-state index is 0.637. The van der Waals surface area contributed by atoms with Gasteiger partial charge in [-0.2, -0.15) is 4.98 Å². The summed E-state index contributed by atoms with van der Waals surface area (Å²) in [6, 6.07) is 18.3. The van der Waals surface area contributed by atoms with E-state index < -0.39 is 0 Å². The van der Waals surface area contributed by atoms with Crippen molar-refractivity contribution in [3.05, 3.63) is 60.4 Å². The monoisotopic (exact) mass is 317 g/mol. The van der Waals surface area contributed by atoms with E-state index >= 15 is 0 Å². The molecule has 0 radical (unpaired) electrons. The molecule has 0 saturated carbocycles. The molecule has 4 rings (SSSR count). The third kappa shape index (κ3) is 2.58. The van der Waals surface area contributed by atoms with Crippen LogP contribution in [-0.4, -0.2) is 19.6 Å². The first kappa shape index (κ1) is 14.6. The predicted octanol–water partition coefficient (Wildman–Crippen LogP) is 4.36. The zero-order valence-corrected chi connectivity index (χ0v) is 13.6. The number of nitrogens with zero attached hydrogens (tertiary/aromatic N) is 4. The second-order valence-electron chi connectivity index (χ2n) is 5.82. The second-order valence-corrected chi connectivity index (χ2v) is 5.82. The van der Waals surface area contributed by atoms with E-state index in [-0.39, 0.29) is 0 Å². The molecule has 2 aromatic heterocycles. The van der Waals surface area contributed by atoms with Crippen molar-refractivity contribution in [1.82, 2.24) is 19.6 Å². The Balaban J connectivity index is 1.88. The molecule has 1 N–H and O–H groups in total. The smallest absolute Gasteiger partial charge is 0.257 e. The summed E-state index contributed by atoms with van der Waals surface area (Å²) in [6.45, 7) is 2.18. The largest absolute Gasteiger partial charge is 0.340 e. The maximum atomic E-state index is 4.71. The first-order valence-corrected chi connectivity index (χ1v) is 8.31. The van der Waals surface area contributed by atoms with Crippen molar-refractivity contribution in [2.24, 2.45) is 0 Å². The molecule has 2 aromatic carbocycles. The molecule has 0 aliphatic carbocycles. The molecule has 5 heteroatoms. The Hall–Kier alpha value is -2.95. The molecule has 0 aliphatic heterocycles. The Morgan fingerprint density at radius 2 is 1.75 bits per heavy atom. The van der Waals surface area contributed by atoms with Crippen molar-refractivity contribution >= 4 is 28.2 Å². The fourth-order valence-corrected chi connectivity index (χ4v) is 2.91. The molecule has 0 unspecified atom stereocenters. The number of aromatic nitrogens is 4. The molecule has 0 bridgehead atoms. The maximum Gasteiger partial charge on any atom is 0.257 e. The van der Waals surface area contributed by atoms with E-state index in [4.69, 9.17) is 4.98 Å². The van der Waals surface area contributed by atoms with Crippen molar-refractivity contribution in [3.8, 4) is 0 Å². The standard InChI is InChI=1S/C19H19N5/c1-2-3-13-17-22-23-19-21-18(20-14-9-5-4-6-10-14)15-11-7-8-12-16(15)24(17)19/h4-12H,2-3,13H2,1H3,(H,20,21,23). The summed E-state index contributed by atoms with van der Waals surface area (Å²) >= 11 is 0. The van der Waals surface area contributed by atoms with Gasteiger partial charge in [-0.25, -0.2) is 0 Å². The van der Waals surface area contributed by atoms with Crippen LogP contribution in [0.2, 0.25) is 0 Å². The maximum absolute atomic E-state index is 4.71. The molecule has 0 fully saturated rings. The zero-order chi connectivity index (χ0) is 16.4. The van der Waals surface area contributed by atoms with Crippen molar-refractivity contribution in [3.63, 3.8) is 0 Å². The van der Waals surface area contributed by atoms with Crippen LogP contribution in [0.15, 0.2) is 54.6 Å². The van der Waals surface area contributed by atoms with E-state index in [2.05, 4.69) is 39.0 Å². The van der Waals surface area contributed by atoms with E-state index in [0.717, 1.165) is 47.5 Å². The van der Waals surface area contributed by atoms with E-state index in [1.165, 1.54) is 0 Å². The minimum Gasteiger partial charge on any atom is -0.340 e. The molecule has 0 atom stereocenters. The van der Waals surface area contributed by atoms with E-state index in [1.807, 2.05) is 42.5 Å². The summed E-state index contributed by atoms with van der Waals surface area (Å²) < 4.78 is 2.07. The number of para-hydroxylation sites is 2. The second kappa shape index (κ2) is 6.28. The molecular formula is C19H19N5. The molecule has 0 saturated heterocycles. The van der Waals surface area contributed by atoms with E-state index in [1.54, 1.807) is 0 Å². The highest BCUT2D eigenvalue weighted by Crippen LogP contribution is 2.26. The Morgan fingerprint density at radius 1 is 0.958 bits per heavy atom. The van der Waals surface area contributed by atoms with Crippen molar-refractivity contribution in [2.75, 3.05) is 5.32 Å². The van der Waals surface area contributed by atoms with Gasteiger partial charge in [0.15, 0.2) is 0 Å². The summed E-state index contributed by atoms with van der Waals surface area (Å²) in [7, 11) is 0. The molecule has 120 valence electrons. The lowest BCUT2D eigenvalue weighted by Gasteiger charge is -2.11. The van der Waals surface area contributed by atoms with Crippen LogP contribution in [0.4, 0.5) is 11.5 Å². The highest BCUT2D eigenvalue weighted by Gasteiger charge is 2.13. The lowest BCUT2D eigenvalue weighted by atomic mass is 10.2. The van der Waals surface area contributed by atoms with Crippen molar-refractivity contribution in [1.29, 1.82) is 0 Å². The molecule has 24 heavy (non-hydrogen) atoms. The van der Waals surface area contributed by atoms with Crippen molar-refractivity contribution < 1.29 is 0 Å². The van der Waals surface area contributed by atoms with Gasteiger partial charge in [0.2, 0.25) is 0 Å². The Bertz CT molecular complexity index is 975. The van der Waals surface area contributed by atoms with Crippen LogP contribution < -0.4 is 5.32 Å². The number of unbranched alkanes of at least 4 members (excludes halogenated alkanes) is 1. The van der Waals surface area contributed by atoms with Crippen LogP contribution in [0.1, 0.15) is 25.6 Å². The predicted molar refractivity (Wildman–Crippen MR) is 96.6 cm³/mol. The number of hydrogen-bond donors (Lipinski definition) is 1. The molecule has 0 amide bonds. The lowest BCUT2D eigenvalue weighted by molar-refractivity contribution is 0.747. The number of benzene rings is 2. The van der Waals surface area contributed by atoms with E-state index in [9.17, 15) is 0 Å². The SMILES string of the molecule is CCCCc1nnc2nc(Nc3ccccc3)c3ccccc3n12. The van der Waals surface area contributed by atoms with Gasteiger partial charge in [0.1, 0.15) is 11.6 Å². The van der Waals surface area contributed by atoms with Gasteiger partial charge in [0.25, 0.3) is 5.78 Å². The van der Waals surface area contributed by atoms with Crippen LogP contribution in [0.3, 0.4) is 0 Å². The summed E-state index contributed by atoms with van der Waals surface area (Å²) in [6.07, 6.45) is 3.14. The fraction of sp³-hybridized carbons (Fsp3) is 0.211. The number of anilines is 2. The number of hydrogen-bond acceptors (Lipinski definition) is 4. The number of aryl methyl sites for hydroxylation is 1. The summed E-state index contributed by atoms with van der Waals surface area (Å²) in [5, 5.41) is 13.1. The highest BCUT2D eigenvalue weighted by atomic mass is 15.3. The topological polar surface area (TPSA) is 55.1 Å². The van der Waals surface area contributed by atoms with Gasteiger partial charge in [-0.15, -0.1) is 10.2 Å². The third-order valence-corrected chi connectivity index (χ3v) is 4.12. The first-order valence-electron chi connectivity index (χ1n) is 8.31. The molecule has 0 spiro atoms. The summed E-state index contributed by atoms with van der Waals surface area (Å²) in [5.74, 6) is 2.42. The minimum absolute atomic E-state index is 0.637. The van der Waals surface area contributed by atoms with Crippen LogP contribution in [-0.2, 0) is 6.42 Å². The molecule has 5 nitrogen and oxygen atoms in total. The lowest BCUT2D eigenvalue weighted by Crippen LogP contribution is -2.02. The molecular weight excluding hydrogens is 298 g/mol. The average molecular weight is 317 g/mol. The summed E-state index contributed by atoms with van der Waals surface area (Å²) in [5.41, 5.74) is 2.09. The number of nitrogens with one attached hydrogen (secondary N) is 1. The van der Waals surface area contributed by atoms with Gasteiger partial charge >= 0.3 is 0 Å². The van der Waals surface area contributed by atoms with E-state index in [0.29, 0.717) is 5.78 Å². The van der Waals surface area contributed by atoms with Crippen LogP contribution in [0, 0.1) is 0 Å². The zero-order valence-electron chi connectivity index (χ0n) is 13.6. The third-order valence-electron chi connectivity index (χ3n) is 4.12. The Kier molecular flexibility index (Phi) is 3.83. The molecule has 4 aromatic rings. The van der Waals surface area contributed by atoms with Gasteiger partial charge in [0.05, 0.1) is 5.52 Å². The normalized spacial score (nSPS) is 11.2.